The monoisotopic (exact) mass is 228 g/mol. The number of hydrogen-bond acceptors (Lipinski definition) is 2. The fourth-order valence-electron chi connectivity index (χ4n) is 2.46. The Labute approximate surface area is 98.0 Å². The fourth-order valence-corrected chi connectivity index (χ4v) is 2.46. The van der Waals surface area contributed by atoms with Crippen LogP contribution in [0.4, 0.5) is 5.69 Å². The maximum absolute atomic E-state index is 11.8. The van der Waals surface area contributed by atoms with E-state index in [1.807, 2.05) is 18.2 Å². The summed E-state index contributed by atoms with van der Waals surface area (Å²) in [6.45, 7) is 0. The molecule has 4 nitrogen and oxygen atoms in total. The zero-order valence-corrected chi connectivity index (χ0v) is 9.25. The molecule has 2 aromatic rings. The zero-order valence-electron chi connectivity index (χ0n) is 9.25. The van der Waals surface area contributed by atoms with Gasteiger partial charge < -0.3 is 10.3 Å². The van der Waals surface area contributed by atoms with E-state index in [9.17, 15) is 9.59 Å². The third kappa shape index (κ3) is 1.53. The Morgan fingerprint density at radius 3 is 3.00 bits per heavy atom. The number of carbonyl (C=O) groups is 2. The molecular formula is C13H12N2O2. The smallest absolute Gasteiger partial charge is 0.211 e. The van der Waals surface area contributed by atoms with Crippen molar-refractivity contribution in [1.29, 1.82) is 0 Å². The average molecular weight is 228 g/mol. The molecule has 4 heteroatoms. The highest BCUT2D eigenvalue weighted by atomic mass is 16.1. The van der Waals surface area contributed by atoms with E-state index in [0.717, 1.165) is 40.7 Å². The molecule has 0 bridgehead atoms. The molecule has 1 heterocycles. The van der Waals surface area contributed by atoms with Crippen LogP contribution >= 0.6 is 0 Å². The Morgan fingerprint density at radius 1 is 1.29 bits per heavy atom. The van der Waals surface area contributed by atoms with E-state index < -0.39 is 0 Å². The predicted octanol–water partition coefficient (Wildman–Crippen LogP) is 2.26. The molecule has 86 valence electrons. The molecule has 0 spiro atoms. The summed E-state index contributed by atoms with van der Waals surface area (Å²) >= 11 is 0. The molecule has 0 radical (unpaired) electrons. The van der Waals surface area contributed by atoms with Gasteiger partial charge in [-0.25, -0.2) is 0 Å². The first kappa shape index (κ1) is 10.1. The van der Waals surface area contributed by atoms with Crippen LogP contribution in [0.3, 0.4) is 0 Å². The van der Waals surface area contributed by atoms with Crippen molar-refractivity contribution in [3.8, 4) is 0 Å². The maximum Gasteiger partial charge on any atom is 0.211 e. The van der Waals surface area contributed by atoms with Crippen LogP contribution in [0.15, 0.2) is 18.2 Å². The van der Waals surface area contributed by atoms with Crippen LogP contribution in [0, 0.1) is 0 Å². The highest BCUT2D eigenvalue weighted by Crippen LogP contribution is 2.30. The highest BCUT2D eigenvalue weighted by molar-refractivity contribution is 6.04. The van der Waals surface area contributed by atoms with Gasteiger partial charge in [0.05, 0.1) is 5.69 Å². The lowest BCUT2D eigenvalue weighted by atomic mass is 9.95. The van der Waals surface area contributed by atoms with Gasteiger partial charge in [-0.2, -0.15) is 0 Å². The van der Waals surface area contributed by atoms with Gasteiger partial charge in [0.15, 0.2) is 5.78 Å². The number of benzene rings is 1. The maximum atomic E-state index is 11.8. The van der Waals surface area contributed by atoms with Gasteiger partial charge >= 0.3 is 0 Å². The van der Waals surface area contributed by atoms with Gasteiger partial charge in [0.2, 0.25) is 6.41 Å². The summed E-state index contributed by atoms with van der Waals surface area (Å²) in [5.74, 6) is 0.187. The van der Waals surface area contributed by atoms with Crippen LogP contribution in [0.25, 0.3) is 10.9 Å². The number of nitrogens with one attached hydrogen (secondary N) is 2. The first-order valence-corrected chi connectivity index (χ1v) is 5.67. The Hall–Kier alpha value is -2.10. The molecule has 1 aliphatic rings. The number of amides is 1. The number of rotatable bonds is 2. The van der Waals surface area contributed by atoms with Crippen molar-refractivity contribution in [3.63, 3.8) is 0 Å². The molecule has 2 N–H and O–H groups in total. The van der Waals surface area contributed by atoms with Gasteiger partial charge in [0.1, 0.15) is 0 Å². The lowest BCUT2D eigenvalue weighted by molar-refractivity contribution is -0.105. The molecule has 0 saturated heterocycles. The van der Waals surface area contributed by atoms with Gasteiger partial charge in [-0.05, 0) is 30.5 Å². The van der Waals surface area contributed by atoms with Crippen LogP contribution in [0.1, 0.15) is 28.9 Å². The number of carbonyl (C=O) groups excluding carboxylic acids is 2. The number of Topliss-reactive ketones (excluding diaryl/α,β-unsaturated/α-hetero) is 1. The minimum atomic E-state index is 0.187. The molecule has 1 amide bonds. The van der Waals surface area contributed by atoms with Crippen molar-refractivity contribution in [3.05, 3.63) is 29.5 Å². The van der Waals surface area contributed by atoms with Crippen LogP contribution < -0.4 is 5.32 Å². The number of aryl methyl sites for hydroxylation is 1. The lowest BCUT2D eigenvalue weighted by Crippen LogP contribution is -2.09. The lowest BCUT2D eigenvalue weighted by Gasteiger charge is -2.09. The van der Waals surface area contributed by atoms with Crippen LogP contribution in [-0.2, 0) is 11.2 Å². The van der Waals surface area contributed by atoms with E-state index in [1.54, 1.807) is 0 Å². The highest BCUT2D eigenvalue weighted by Gasteiger charge is 2.21. The third-order valence-electron chi connectivity index (χ3n) is 3.24. The topological polar surface area (TPSA) is 62.0 Å². The van der Waals surface area contributed by atoms with Crippen LogP contribution in [0.5, 0.6) is 0 Å². The minimum Gasteiger partial charge on any atom is -0.352 e. The number of aromatic amines is 1. The van der Waals surface area contributed by atoms with Gasteiger partial charge in [-0.15, -0.1) is 0 Å². The first-order valence-electron chi connectivity index (χ1n) is 5.67. The molecular weight excluding hydrogens is 216 g/mol. The predicted molar refractivity (Wildman–Crippen MR) is 65.3 cm³/mol. The minimum absolute atomic E-state index is 0.187. The first-order chi connectivity index (χ1) is 8.29. The van der Waals surface area contributed by atoms with Crippen LogP contribution in [-0.4, -0.2) is 17.2 Å². The van der Waals surface area contributed by atoms with Gasteiger partial charge in [0, 0.05) is 23.0 Å². The number of ketones is 1. The number of hydrogen-bond donors (Lipinski definition) is 2. The fraction of sp³-hybridized carbons (Fsp3) is 0.231. The molecule has 17 heavy (non-hydrogen) atoms. The van der Waals surface area contributed by atoms with E-state index in [2.05, 4.69) is 10.3 Å². The van der Waals surface area contributed by atoms with E-state index >= 15 is 0 Å². The average Bonchev–Trinajstić information content (AvgIpc) is 2.69. The van der Waals surface area contributed by atoms with Crippen molar-refractivity contribution in [1.82, 2.24) is 4.98 Å². The second-order valence-corrected chi connectivity index (χ2v) is 4.28. The standard InChI is InChI=1S/C13H12N2O2/c16-7-14-8-4-5-9-10-2-1-3-12(17)13(10)15-11(9)6-8/h4-7,15H,1-3H2,(H,14,16). The number of anilines is 1. The van der Waals surface area contributed by atoms with E-state index in [0.29, 0.717) is 12.8 Å². The van der Waals surface area contributed by atoms with Gasteiger partial charge in [0.25, 0.3) is 0 Å². The second kappa shape index (κ2) is 3.73. The summed E-state index contributed by atoms with van der Waals surface area (Å²) < 4.78 is 0. The Morgan fingerprint density at radius 2 is 2.18 bits per heavy atom. The summed E-state index contributed by atoms with van der Waals surface area (Å²) in [6, 6.07) is 5.66. The van der Waals surface area contributed by atoms with Gasteiger partial charge in [-0.1, -0.05) is 6.07 Å². The molecule has 0 saturated carbocycles. The molecule has 3 rings (SSSR count). The quantitative estimate of drug-likeness (QED) is 0.774. The summed E-state index contributed by atoms with van der Waals surface area (Å²) in [4.78, 5) is 25.3. The summed E-state index contributed by atoms with van der Waals surface area (Å²) in [5.41, 5.74) is 3.51. The molecule has 1 aromatic heterocycles. The molecule has 0 unspecified atom stereocenters. The zero-order chi connectivity index (χ0) is 11.8. The third-order valence-corrected chi connectivity index (χ3v) is 3.24. The van der Waals surface area contributed by atoms with Crippen molar-refractivity contribution < 1.29 is 9.59 Å². The Bertz CT molecular complexity index is 613. The largest absolute Gasteiger partial charge is 0.352 e. The summed E-state index contributed by atoms with van der Waals surface area (Å²) in [5, 5.41) is 3.69. The van der Waals surface area contributed by atoms with Crippen molar-refractivity contribution in [2.24, 2.45) is 0 Å². The van der Waals surface area contributed by atoms with Crippen molar-refractivity contribution in [2.45, 2.75) is 19.3 Å². The second-order valence-electron chi connectivity index (χ2n) is 4.28. The SMILES string of the molecule is O=CNc1ccc2c3c([nH]c2c1)C(=O)CCC3. The van der Waals surface area contributed by atoms with Crippen molar-refractivity contribution >= 4 is 28.8 Å². The summed E-state index contributed by atoms with van der Waals surface area (Å²) in [6.07, 6.45) is 3.14. The van der Waals surface area contributed by atoms with E-state index in [1.165, 1.54) is 0 Å². The number of aromatic nitrogens is 1. The Balaban J connectivity index is 2.19. The Kier molecular flexibility index (Phi) is 2.21. The molecule has 1 aromatic carbocycles. The van der Waals surface area contributed by atoms with Crippen LogP contribution in [0.2, 0.25) is 0 Å². The molecule has 0 fully saturated rings. The normalized spacial score (nSPS) is 14.7. The van der Waals surface area contributed by atoms with E-state index in [-0.39, 0.29) is 5.78 Å². The molecule has 0 atom stereocenters. The number of H-pyrrole nitrogens is 1. The molecule has 0 aliphatic heterocycles. The van der Waals surface area contributed by atoms with E-state index in [4.69, 9.17) is 0 Å². The number of fused-ring (bicyclic) bond motifs is 3. The van der Waals surface area contributed by atoms with Gasteiger partial charge in [-0.3, -0.25) is 9.59 Å². The summed E-state index contributed by atoms with van der Waals surface area (Å²) in [7, 11) is 0. The molecule has 1 aliphatic carbocycles. The van der Waals surface area contributed by atoms with Crippen molar-refractivity contribution in [2.75, 3.05) is 5.32 Å².